The van der Waals surface area contributed by atoms with E-state index in [9.17, 15) is 13.2 Å². The zero-order chi connectivity index (χ0) is 13.3. The number of ether oxygens (including phenoxy) is 1. The lowest BCUT2D eigenvalue weighted by Gasteiger charge is -2.20. The summed E-state index contributed by atoms with van der Waals surface area (Å²) in [6, 6.07) is -0.733. The molecule has 2 rings (SSSR count). The summed E-state index contributed by atoms with van der Waals surface area (Å²) >= 11 is 0. The molecule has 0 spiro atoms. The van der Waals surface area contributed by atoms with Gasteiger partial charge in [0.15, 0.2) is 5.03 Å². The highest BCUT2D eigenvalue weighted by Gasteiger charge is 2.40. The van der Waals surface area contributed by atoms with Crippen molar-refractivity contribution < 1.29 is 17.9 Å². The van der Waals surface area contributed by atoms with Gasteiger partial charge in [-0.25, -0.2) is 13.4 Å². The van der Waals surface area contributed by atoms with E-state index in [-0.39, 0.29) is 5.03 Å². The van der Waals surface area contributed by atoms with Gasteiger partial charge in [-0.2, -0.15) is 4.31 Å². The van der Waals surface area contributed by atoms with Crippen LogP contribution in [0.2, 0.25) is 0 Å². The zero-order valence-corrected chi connectivity index (χ0v) is 11.0. The van der Waals surface area contributed by atoms with Gasteiger partial charge in [0.25, 0.3) is 10.0 Å². The predicted octanol–water partition coefficient (Wildman–Crippen LogP) is 0.0442. The van der Waals surface area contributed by atoms with Crippen LogP contribution in [0.1, 0.15) is 18.7 Å². The molecule has 0 aromatic carbocycles. The quantitative estimate of drug-likeness (QED) is 0.785. The third kappa shape index (κ3) is 2.13. The van der Waals surface area contributed by atoms with Crippen molar-refractivity contribution in [2.75, 3.05) is 13.7 Å². The summed E-state index contributed by atoms with van der Waals surface area (Å²) in [6.07, 6.45) is 2.39. The molecule has 1 N–H and O–H groups in total. The lowest BCUT2D eigenvalue weighted by Crippen LogP contribution is -2.41. The second-order valence-corrected chi connectivity index (χ2v) is 5.99. The number of nitrogens with one attached hydrogen (secondary N) is 1. The molecular formula is C10H15N3O4S. The molecule has 0 radical (unpaired) electrons. The molecule has 1 aromatic rings. The molecule has 1 aliphatic heterocycles. The van der Waals surface area contributed by atoms with Crippen molar-refractivity contribution in [2.24, 2.45) is 0 Å². The monoisotopic (exact) mass is 273 g/mol. The molecule has 0 bridgehead atoms. The molecule has 0 amide bonds. The van der Waals surface area contributed by atoms with Crippen LogP contribution in [0.4, 0.5) is 0 Å². The number of aromatic nitrogens is 2. The van der Waals surface area contributed by atoms with E-state index in [1.807, 2.05) is 0 Å². The minimum absolute atomic E-state index is 0.0100. The molecule has 18 heavy (non-hydrogen) atoms. The number of hydrogen-bond donors (Lipinski definition) is 1. The van der Waals surface area contributed by atoms with Gasteiger partial charge >= 0.3 is 5.97 Å². The van der Waals surface area contributed by atoms with Gasteiger partial charge in [-0.1, -0.05) is 0 Å². The first kappa shape index (κ1) is 13.0. The van der Waals surface area contributed by atoms with Crippen LogP contribution in [0, 0.1) is 6.92 Å². The second kappa shape index (κ2) is 4.69. The standard InChI is InChI=1S/C10H15N3O4S/c1-7-11-6-9(12-7)18(15,16)13-5-3-4-8(13)10(14)17-2/h6,8H,3-5H2,1-2H3,(H,11,12). The fourth-order valence-electron chi connectivity index (χ4n) is 2.06. The van der Waals surface area contributed by atoms with E-state index in [0.29, 0.717) is 25.2 Å². The maximum Gasteiger partial charge on any atom is 0.324 e. The Morgan fingerprint density at radius 2 is 2.33 bits per heavy atom. The van der Waals surface area contributed by atoms with Gasteiger partial charge in [-0.05, 0) is 19.8 Å². The Morgan fingerprint density at radius 1 is 1.61 bits per heavy atom. The van der Waals surface area contributed by atoms with Crippen molar-refractivity contribution in [1.29, 1.82) is 0 Å². The lowest BCUT2D eigenvalue weighted by atomic mass is 10.2. The molecule has 1 saturated heterocycles. The maximum atomic E-state index is 12.3. The van der Waals surface area contributed by atoms with E-state index in [2.05, 4.69) is 14.7 Å². The number of carbonyl (C=O) groups is 1. The van der Waals surface area contributed by atoms with Crippen LogP contribution in [0.15, 0.2) is 11.2 Å². The van der Waals surface area contributed by atoms with Crippen LogP contribution in [0.25, 0.3) is 0 Å². The fourth-order valence-corrected chi connectivity index (χ4v) is 3.67. The Morgan fingerprint density at radius 3 is 2.89 bits per heavy atom. The van der Waals surface area contributed by atoms with Crippen molar-refractivity contribution in [1.82, 2.24) is 14.3 Å². The smallest absolute Gasteiger partial charge is 0.324 e. The first-order valence-corrected chi connectivity index (χ1v) is 7.02. The number of carbonyl (C=O) groups excluding carboxylic acids is 1. The highest BCUT2D eigenvalue weighted by molar-refractivity contribution is 7.89. The summed E-state index contributed by atoms with van der Waals surface area (Å²) in [4.78, 5) is 18.1. The van der Waals surface area contributed by atoms with E-state index in [4.69, 9.17) is 0 Å². The number of aryl methyl sites for hydroxylation is 1. The Kier molecular flexibility index (Phi) is 3.40. The van der Waals surface area contributed by atoms with E-state index in [0.717, 1.165) is 0 Å². The Balaban J connectivity index is 2.32. The predicted molar refractivity (Wildman–Crippen MR) is 62.3 cm³/mol. The fraction of sp³-hybridized carbons (Fsp3) is 0.600. The van der Waals surface area contributed by atoms with Gasteiger partial charge in [-0.3, -0.25) is 4.79 Å². The average molecular weight is 273 g/mol. The molecule has 100 valence electrons. The minimum Gasteiger partial charge on any atom is -0.468 e. The molecule has 0 aliphatic carbocycles. The third-order valence-electron chi connectivity index (χ3n) is 2.94. The van der Waals surface area contributed by atoms with E-state index in [1.165, 1.54) is 17.6 Å². The molecule has 7 nitrogen and oxygen atoms in total. The first-order valence-electron chi connectivity index (χ1n) is 5.58. The molecule has 1 atom stereocenters. The van der Waals surface area contributed by atoms with Crippen molar-refractivity contribution in [2.45, 2.75) is 30.8 Å². The number of H-pyrrole nitrogens is 1. The van der Waals surface area contributed by atoms with Gasteiger partial charge in [0.05, 0.1) is 13.3 Å². The highest BCUT2D eigenvalue weighted by atomic mass is 32.2. The normalized spacial score (nSPS) is 21.1. The van der Waals surface area contributed by atoms with Crippen molar-refractivity contribution in [3.63, 3.8) is 0 Å². The van der Waals surface area contributed by atoms with Crippen molar-refractivity contribution in [3.05, 3.63) is 12.0 Å². The molecule has 1 aromatic heterocycles. The average Bonchev–Trinajstić information content (AvgIpc) is 2.96. The topological polar surface area (TPSA) is 92.4 Å². The van der Waals surface area contributed by atoms with Crippen LogP contribution >= 0.6 is 0 Å². The minimum atomic E-state index is -3.71. The Bertz CT molecular complexity index is 551. The summed E-state index contributed by atoms with van der Waals surface area (Å²) in [5.74, 6) is -0.00491. The van der Waals surface area contributed by atoms with Crippen LogP contribution in [-0.2, 0) is 19.6 Å². The van der Waals surface area contributed by atoms with Crippen LogP contribution < -0.4 is 0 Å². The van der Waals surface area contributed by atoms with Crippen LogP contribution in [0.5, 0.6) is 0 Å². The van der Waals surface area contributed by atoms with Crippen molar-refractivity contribution >= 4 is 16.0 Å². The van der Waals surface area contributed by atoms with E-state index in [1.54, 1.807) is 6.92 Å². The molecule has 1 fully saturated rings. The number of rotatable bonds is 3. The maximum absolute atomic E-state index is 12.3. The lowest BCUT2D eigenvalue weighted by molar-refractivity contribution is -0.144. The molecular weight excluding hydrogens is 258 g/mol. The van der Waals surface area contributed by atoms with Gasteiger partial charge in [0, 0.05) is 6.54 Å². The number of methoxy groups -OCH3 is 1. The van der Waals surface area contributed by atoms with Gasteiger partial charge in [0.2, 0.25) is 0 Å². The third-order valence-corrected chi connectivity index (χ3v) is 4.76. The molecule has 8 heteroatoms. The van der Waals surface area contributed by atoms with Crippen LogP contribution in [0.3, 0.4) is 0 Å². The molecule has 2 heterocycles. The summed E-state index contributed by atoms with van der Waals surface area (Å²) in [6.45, 7) is 1.99. The Hall–Kier alpha value is -1.41. The van der Waals surface area contributed by atoms with E-state index < -0.39 is 22.0 Å². The Labute approximate surface area is 105 Å². The number of esters is 1. The summed E-state index contributed by atoms with van der Waals surface area (Å²) < 4.78 is 30.5. The number of aromatic amines is 1. The van der Waals surface area contributed by atoms with Gasteiger partial charge in [0.1, 0.15) is 11.9 Å². The number of nitrogens with zero attached hydrogens (tertiary/aromatic N) is 2. The molecule has 1 unspecified atom stereocenters. The van der Waals surface area contributed by atoms with Crippen LogP contribution in [-0.4, -0.2) is 48.4 Å². The molecule has 1 aliphatic rings. The summed E-state index contributed by atoms with van der Waals surface area (Å²) in [5.41, 5.74) is 0. The first-order chi connectivity index (χ1) is 8.46. The second-order valence-electron chi connectivity index (χ2n) is 4.13. The summed E-state index contributed by atoms with van der Waals surface area (Å²) in [5, 5.41) is 0.0100. The molecule has 0 saturated carbocycles. The highest BCUT2D eigenvalue weighted by Crippen LogP contribution is 2.25. The summed E-state index contributed by atoms with van der Waals surface area (Å²) in [7, 11) is -2.45. The number of sulfonamides is 1. The number of hydrogen-bond acceptors (Lipinski definition) is 5. The number of imidazole rings is 1. The van der Waals surface area contributed by atoms with Crippen molar-refractivity contribution in [3.8, 4) is 0 Å². The largest absolute Gasteiger partial charge is 0.468 e. The zero-order valence-electron chi connectivity index (χ0n) is 10.2. The van der Waals surface area contributed by atoms with Gasteiger partial charge in [-0.15, -0.1) is 0 Å². The van der Waals surface area contributed by atoms with E-state index >= 15 is 0 Å². The van der Waals surface area contributed by atoms with Gasteiger partial charge < -0.3 is 9.72 Å². The SMILES string of the molecule is COC(=O)C1CCCN1S(=O)(=O)c1cnc(C)[nH]1.